The van der Waals surface area contributed by atoms with Gasteiger partial charge in [0.2, 0.25) is 5.91 Å². The van der Waals surface area contributed by atoms with E-state index in [4.69, 9.17) is 0 Å². The molecule has 0 radical (unpaired) electrons. The molecule has 0 unspecified atom stereocenters. The summed E-state index contributed by atoms with van der Waals surface area (Å²) in [4.78, 5) is 16.1. The SMILES string of the molecule is Cc1ccc(NC(=O)CNCc2cccc(C)n2)cc1. The Labute approximate surface area is 119 Å². The topological polar surface area (TPSA) is 54.0 Å². The smallest absolute Gasteiger partial charge is 0.238 e. The van der Waals surface area contributed by atoms with Crippen molar-refractivity contribution in [3.05, 3.63) is 59.4 Å². The second-order valence-corrected chi connectivity index (χ2v) is 4.79. The normalized spacial score (nSPS) is 10.3. The molecule has 0 aliphatic rings. The fourth-order valence-corrected chi connectivity index (χ4v) is 1.84. The number of aryl methyl sites for hydroxylation is 2. The molecule has 2 aromatic rings. The molecule has 0 aliphatic carbocycles. The average molecular weight is 269 g/mol. The van der Waals surface area contributed by atoms with Gasteiger partial charge in [0.25, 0.3) is 0 Å². The maximum atomic E-state index is 11.8. The van der Waals surface area contributed by atoms with Gasteiger partial charge in [0.1, 0.15) is 0 Å². The highest BCUT2D eigenvalue weighted by molar-refractivity contribution is 5.92. The molecule has 2 rings (SSSR count). The van der Waals surface area contributed by atoms with E-state index in [0.717, 1.165) is 17.1 Å². The molecule has 0 bridgehead atoms. The van der Waals surface area contributed by atoms with Gasteiger partial charge in [-0.05, 0) is 38.1 Å². The Balaban J connectivity index is 1.76. The zero-order chi connectivity index (χ0) is 14.4. The standard InChI is InChI=1S/C16H19N3O/c1-12-6-8-14(9-7-12)19-16(20)11-17-10-15-5-3-4-13(2)18-15/h3-9,17H,10-11H2,1-2H3,(H,19,20). The first-order chi connectivity index (χ1) is 9.63. The number of nitrogens with one attached hydrogen (secondary N) is 2. The van der Waals surface area contributed by atoms with Gasteiger partial charge in [0.05, 0.1) is 12.2 Å². The summed E-state index contributed by atoms with van der Waals surface area (Å²) in [5.74, 6) is -0.0542. The molecule has 0 fully saturated rings. The summed E-state index contributed by atoms with van der Waals surface area (Å²) in [6.45, 7) is 4.82. The van der Waals surface area contributed by atoms with Crippen molar-refractivity contribution in [1.82, 2.24) is 10.3 Å². The number of hydrogen-bond donors (Lipinski definition) is 2. The van der Waals surface area contributed by atoms with Gasteiger partial charge in [0.15, 0.2) is 0 Å². The largest absolute Gasteiger partial charge is 0.325 e. The third-order valence-electron chi connectivity index (χ3n) is 2.87. The summed E-state index contributed by atoms with van der Waals surface area (Å²) in [6, 6.07) is 13.6. The number of nitrogens with zero attached hydrogens (tertiary/aromatic N) is 1. The zero-order valence-corrected chi connectivity index (χ0v) is 11.8. The second kappa shape index (κ2) is 6.82. The van der Waals surface area contributed by atoms with Gasteiger partial charge in [-0.2, -0.15) is 0 Å². The molecule has 1 heterocycles. The highest BCUT2D eigenvalue weighted by Crippen LogP contribution is 2.08. The van der Waals surface area contributed by atoms with Crippen molar-refractivity contribution >= 4 is 11.6 Å². The van der Waals surface area contributed by atoms with Crippen LogP contribution in [0.15, 0.2) is 42.5 Å². The Morgan fingerprint density at radius 3 is 2.55 bits per heavy atom. The van der Waals surface area contributed by atoms with E-state index < -0.39 is 0 Å². The molecule has 0 atom stereocenters. The van der Waals surface area contributed by atoms with Crippen LogP contribution in [0.4, 0.5) is 5.69 Å². The lowest BCUT2D eigenvalue weighted by molar-refractivity contribution is -0.115. The maximum Gasteiger partial charge on any atom is 0.238 e. The van der Waals surface area contributed by atoms with E-state index in [-0.39, 0.29) is 12.5 Å². The summed E-state index contributed by atoms with van der Waals surface area (Å²) in [7, 11) is 0. The van der Waals surface area contributed by atoms with E-state index in [1.165, 1.54) is 5.56 Å². The van der Waals surface area contributed by atoms with E-state index >= 15 is 0 Å². The predicted molar refractivity (Wildman–Crippen MR) is 80.5 cm³/mol. The van der Waals surface area contributed by atoms with Gasteiger partial charge in [-0.3, -0.25) is 9.78 Å². The first-order valence-electron chi connectivity index (χ1n) is 6.63. The number of amides is 1. The van der Waals surface area contributed by atoms with Crippen LogP contribution in [0.25, 0.3) is 0 Å². The molecule has 1 aromatic heterocycles. The molecule has 4 nitrogen and oxygen atoms in total. The van der Waals surface area contributed by atoms with Gasteiger partial charge in [-0.1, -0.05) is 23.8 Å². The van der Waals surface area contributed by atoms with Crippen molar-refractivity contribution in [1.29, 1.82) is 0 Å². The Kier molecular flexibility index (Phi) is 4.85. The van der Waals surface area contributed by atoms with Crippen molar-refractivity contribution in [2.45, 2.75) is 20.4 Å². The van der Waals surface area contributed by atoms with Crippen LogP contribution in [-0.4, -0.2) is 17.4 Å². The van der Waals surface area contributed by atoms with Crippen LogP contribution in [0.1, 0.15) is 17.0 Å². The fraction of sp³-hybridized carbons (Fsp3) is 0.250. The van der Waals surface area contributed by atoms with Crippen LogP contribution in [0, 0.1) is 13.8 Å². The number of rotatable bonds is 5. The van der Waals surface area contributed by atoms with Gasteiger partial charge in [-0.25, -0.2) is 0 Å². The minimum absolute atomic E-state index is 0.0542. The molecular weight excluding hydrogens is 250 g/mol. The first-order valence-corrected chi connectivity index (χ1v) is 6.63. The zero-order valence-electron chi connectivity index (χ0n) is 11.8. The maximum absolute atomic E-state index is 11.8. The minimum atomic E-state index is -0.0542. The third kappa shape index (κ3) is 4.48. The first kappa shape index (κ1) is 14.2. The summed E-state index contributed by atoms with van der Waals surface area (Å²) in [5, 5.41) is 5.93. The van der Waals surface area contributed by atoms with E-state index in [1.54, 1.807) is 0 Å². The van der Waals surface area contributed by atoms with Crippen LogP contribution in [0.5, 0.6) is 0 Å². The second-order valence-electron chi connectivity index (χ2n) is 4.79. The predicted octanol–water partition coefficient (Wildman–Crippen LogP) is 2.43. The lowest BCUT2D eigenvalue weighted by Crippen LogP contribution is -2.28. The molecule has 104 valence electrons. The number of carbonyl (C=O) groups excluding carboxylic acids is 1. The quantitative estimate of drug-likeness (QED) is 0.876. The number of hydrogen-bond acceptors (Lipinski definition) is 3. The Morgan fingerprint density at radius 1 is 1.10 bits per heavy atom. The highest BCUT2D eigenvalue weighted by atomic mass is 16.1. The molecule has 0 saturated heterocycles. The van der Waals surface area contributed by atoms with E-state index in [2.05, 4.69) is 15.6 Å². The molecule has 0 saturated carbocycles. The Morgan fingerprint density at radius 2 is 1.85 bits per heavy atom. The molecule has 1 amide bonds. The number of carbonyl (C=O) groups is 1. The number of pyridine rings is 1. The Hall–Kier alpha value is -2.20. The molecule has 0 aliphatic heterocycles. The van der Waals surface area contributed by atoms with Gasteiger partial charge in [-0.15, -0.1) is 0 Å². The Bertz CT molecular complexity index is 579. The van der Waals surface area contributed by atoms with Crippen molar-refractivity contribution in [3.8, 4) is 0 Å². The molecule has 2 N–H and O–H groups in total. The van der Waals surface area contributed by atoms with Crippen molar-refractivity contribution in [2.24, 2.45) is 0 Å². The van der Waals surface area contributed by atoms with Crippen LogP contribution in [0.2, 0.25) is 0 Å². The van der Waals surface area contributed by atoms with Crippen LogP contribution < -0.4 is 10.6 Å². The van der Waals surface area contributed by atoms with E-state index in [0.29, 0.717) is 6.54 Å². The van der Waals surface area contributed by atoms with E-state index in [9.17, 15) is 4.79 Å². The lowest BCUT2D eigenvalue weighted by atomic mass is 10.2. The number of aromatic nitrogens is 1. The van der Waals surface area contributed by atoms with Crippen molar-refractivity contribution in [3.63, 3.8) is 0 Å². The summed E-state index contributed by atoms with van der Waals surface area (Å²) >= 11 is 0. The summed E-state index contributed by atoms with van der Waals surface area (Å²) in [6.07, 6.45) is 0. The number of benzene rings is 1. The highest BCUT2D eigenvalue weighted by Gasteiger charge is 2.02. The molecule has 4 heteroatoms. The summed E-state index contributed by atoms with van der Waals surface area (Å²) < 4.78 is 0. The van der Waals surface area contributed by atoms with E-state index in [1.807, 2.05) is 56.3 Å². The van der Waals surface area contributed by atoms with Gasteiger partial charge in [0, 0.05) is 17.9 Å². The lowest BCUT2D eigenvalue weighted by Gasteiger charge is -2.07. The van der Waals surface area contributed by atoms with Crippen LogP contribution in [0.3, 0.4) is 0 Å². The van der Waals surface area contributed by atoms with Gasteiger partial charge >= 0.3 is 0 Å². The van der Waals surface area contributed by atoms with Gasteiger partial charge < -0.3 is 10.6 Å². The van der Waals surface area contributed by atoms with Crippen molar-refractivity contribution < 1.29 is 4.79 Å². The molecule has 0 spiro atoms. The minimum Gasteiger partial charge on any atom is -0.325 e. The third-order valence-corrected chi connectivity index (χ3v) is 2.87. The average Bonchev–Trinajstić information content (AvgIpc) is 2.41. The van der Waals surface area contributed by atoms with Crippen molar-refractivity contribution in [2.75, 3.05) is 11.9 Å². The monoisotopic (exact) mass is 269 g/mol. The van der Waals surface area contributed by atoms with Crippen LogP contribution >= 0.6 is 0 Å². The number of anilines is 1. The molecule has 1 aromatic carbocycles. The fourth-order valence-electron chi connectivity index (χ4n) is 1.84. The molecular formula is C16H19N3O. The van der Waals surface area contributed by atoms with Crippen LogP contribution in [-0.2, 0) is 11.3 Å². The molecule has 20 heavy (non-hydrogen) atoms. The summed E-state index contributed by atoms with van der Waals surface area (Å²) in [5.41, 5.74) is 3.91.